The van der Waals surface area contributed by atoms with Crippen LogP contribution < -0.4 is 5.56 Å². The van der Waals surface area contributed by atoms with Crippen molar-refractivity contribution >= 4 is 10.8 Å². The maximum absolute atomic E-state index is 13.2. The zero-order chi connectivity index (χ0) is 13.4. The van der Waals surface area contributed by atoms with E-state index in [1.165, 1.54) is 18.2 Å². The van der Waals surface area contributed by atoms with E-state index in [-0.39, 0.29) is 11.4 Å². The summed E-state index contributed by atoms with van der Waals surface area (Å²) >= 11 is 0. The number of aromatic amines is 1. The summed E-state index contributed by atoms with van der Waals surface area (Å²) in [6.45, 7) is 2.00. The van der Waals surface area contributed by atoms with Gasteiger partial charge in [0.25, 0.3) is 5.56 Å². The van der Waals surface area contributed by atoms with Crippen molar-refractivity contribution in [1.29, 1.82) is 0 Å². The van der Waals surface area contributed by atoms with Crippen molar-refractivity contribution in [1.82, 2.24) is 4.98 Å². The van der Waals surface area contributed by atoms with Crippen molar-refractivity contribution in [3.8, 4) is 11.3 Å². The molecule has 19 heavy (non-hydrogen) atoms. The summed E-state index contributed by atoms with van der Waals surface area (Å²) in [5, 5.41) is 1.11. The van der Waals surface area contributed by atoms with E-state index in [1.54, 1.807) is 6.07 Å². The number of hydrogen-bond acceptors (Lipinski definition) is 1. The zero-order valence-corrected chi connectivity index (χ0v) is 10.4. The normalized spacial score (nSPS) is 10.8. The molecule has 0 aliphatic carbocycles. The van der Waals surface area contributed by atoms with Crippen LogP contribution in [0, 0.1) is 12.7 Å². The summed E-state index contributed by atoms with van der Waals surface area (Å²) < 4.78 is 13.2. The number of pyridine rings is 1. The third kappa shape index (κ3) is 2.15. The molecule has 3 heteroatoms. The van der Waals surface area contributed by atoms with Crippen molar-refractivity contribution in [2.75, 3.05) is 0 Å². The van der Waals surface area contributed by atoms with E-state index in [4.69, 9.17) is 0 Å². The molecule has 0 amide bonds. The van der Waals surface area contributed by atoms with E-state index in [2.05, 4.69) is 4.98 Å². The van der Waals surface area contributed by atoms with Crippen LogP contribution in [0.1, 0.15) is 5.56 Å². The Hall–Kier alpha value is -2.42. The maximum atomic E-state index is 13.2. The van der Waals surface area contributed by atoms with Gasteiger partial charge in [-0.1, -0.05) is 29.8 Å². The van der Waals surface area contributed by atoms with Gasteiger partial charge in [-0.25, -0.2) is 4.39 Å². The Bertz CT molecular complexity index is 803. The molecule has 3 aromatic rings. The van der Waals surface area contributed by atoms with Gasteiger partial charge in [0.2, 0.25) is 0 Å². The van der Waals surface area contributed by atoms with Gasteiger partial charge in [0.05, 0.1) is 0 Å². The van der Waals surface area contributed by atoms with Crippen LogP contribution in [-0.4, -0.2) is 4.98 Å². The van der Waals surface area contributed by atoms with Crippen LogP contribution >= 0.6 is 0 Å². The lowest BCUT2D eigenvalue weighted by atomic mass is 10.1. The summed E-state index contributed by atoms with van der Waals surface area (Å²) in [6.07, 6.45) is 0. The van der Waals surface area contributed by atoms with Crippen molar-refractivity contribution in [2.45, 2.75) is 6.92 Å². The summed E-state index contributed by atoms with van der Waals surface area (Å²) in [5.74, 6) is -0.340. The van der Waals surface area contributed by atoms with E-state index in [0.29, 0.717) is 16.5 Å². The minimum absolute atomic E-state index is 0.201. The number of halogens is 1. The smallest absolute Gasteiger partial charge is 0.256 e. The number of fused-ring (bicyclic) bond motifs is 1. The molecule has 0 saturated carbocycles. The molecule has 0 aliphatic rings. The predicted molar refractivity (Wildman–Crippen MR) is 74.7 cm³/mol. The fourth-order valence-electron chi connectivity index (χ4n) is 2.13. The third-order valence-electron chi connectivity index (χ3n) is 3.17. The first-order valence-electron chi connectivity index (χ1n) is 6.03. The molecule has 3 rings (SSSR count). The molecule has 2 aromatic carbocycles. The second-order valence-corrected chi connectivity index (χ2v) is 4.61. The predicted octanol–water partition coefficient (Wildman–Crippen LogP) is 3.64. The molecule has 0 bridgehead atoms. The second kappa shape index (κ2) is 4.35. The standard InChI is InChI=1S/C16H12FNO/c1-10-2-4-11(5-3-10)15-9-12-8-13(17)6-7-14(12)16(19)18-15/h2-9H,1H3,(H,18,19). The topological polar surface area (TPSA) is 32.9 Å². The van der Waals surface area contributed by atoms with Crippen molar-refractivity contribution in [3.05, 3.63) is 70.3 Å². The summed E-state index contributed by atoms with van der Waals surface area (Å²) in [4.78, 5) is 14.8. The van der Waals surface area contributed by atoms with Crippen LogP contribution in [0.15, 0.2) is 53.3 Å². The highest BCUT2D eigenvalue weighted by Gasteiger charge is 2.05. The first-order valence-corrected chi connectivity index (χ1v) is 6.03. The van der Waals surface area contributed by atoms with Gasteiger partial charge in [-0.2, -0.15) is 0 Å². The van der Waals surface area contributed by atoms with Gasteiger partial charge in [-0.3, -0.25) is 4.79 Å². The van der Waals surface area contributed by atoms with Gasteiger partial charge in [0, 0.05) is 11.1 Å². The van der Waals surface area contributed by atoms with Gasteiger partial charge < -0.3 is 4.98 Å². The number of benzene rings is 2. The molecule has 1 aromatic heterocycles. The summed E-state index contributed by atoms with van der Waals surface area (Å²) in [7, 11) is 0. The highest BCUT2D eigenvalue weighted by atomic mass is 19.1. The fourth-order valence-corrected chi connectivity index (χ4v) is 2.13. The Balaban J connectivity index is 2.25. The molecular formula is C16H12FNO. The van der Waals surface area contributed by atoms with Gasteiger partial charge >= 0.3 is 0 Å². The van der Waals surface area contributed by atoms with Crippen LogP contribution in [0.2, 0.25) is 0 Å². The van der Waals surface area contributed by atoms with Crippen LogP contribution in [-0.2, 0) is 0 Å². The molecule has 0 aliphatic heterocycles. The van der Waals surface area contributed by atoms with Gasteiger partial charge in [0.15, 0.2) is 0 Å². The average molecular weight is 253 g/mol. The van der Waals surface area contributed by atoms with Crippen LogP contribution in [0.25, 0.3) is 22.0 Å². The average Bonchev–Trinajstić information content (AvgIpc) is 2.38. The Labute approximate surface area is 109 Å². The van der Waals surface area contributed by atoms with E-state index in [1.807, 2.05) is 31.2 Å². The van der Waals surface area contributed by atoms with Crippen LogP contribution in [0.4, 0.5) is 4.39 Å². The molecule has 0 fully saturated rings. The molecule has 94 valence electrons. The minimum Gasteiger partial charge on any atom is -0.321 e. The van der Waals surface area contributed by atoms with Crippen LogP contribution in [0.5, 0.6) is 0 Å². The van der Waals surface area contributed by atoms with Gasteiger partial charge in [0.1, 0.15) is 5.82 Å². The van der Waals surface area contributed by atoms with Crippen LogP contribution in [0.3, 0.4) is 0 Å². The first kappa shape index (κ1) is 11.7. The van der Waals surface area contributed by atoms with E-state index < -0.39 is 0 Å². The van der Waals surface area contributed by atoms with Crippen molar-refractivity contribution in [2.24, 2.45) is 0 Å². The molecule has 1 N–H and O–H groups in total. The molecule has 1 heterocycles. The Kier molecular flexibility index (Phi) is 2.67. The number of aryl methyl sites for hydroxylation is 1. The third-order valence-corrected chi connectivity index (χ3v) is 3.17. The lowest BCUT2D eigenvalue weighted by molar-refractivity contribution is 0.629. The van der Waals surface area contributed by atoms with Crippen molar-refractivity contribution in [3.63, 3.8) is 0 Å². The Morgan fingerprint density at radius 2 is 1.74 bits per heavy atom. The monoisotopic (exact) mass is 253 g/mol. The van der Waals surface area contributed by atoms with Crippen molar-refractivity contribution < 1.29 is 4.39 Å². The molecule has 0 atom stereocenters. The Morgan fingerprint density at radius 3 is 2.47 bits per heavy atom. The lowest BCUT2D eigenvalue weighted by Gasteiger charge is -2.04. The highest BCUT2D eigenvalue weighted by Crippen LogP contribution is 2.20. The number of rotatable bonds is 1. The molecule has 0 radical (unpaired) electrons. The highest BCUT2D eigenvalue weighted by molar-refractivity contribution is 5.85. The Morgan fingerprint density at radius 1 is 1.00 bits per heavy atom. The molecular weight excluding hydrogens is 241 g/mol. The summed E-state index contributed by atoms with van der Waals surface area (Å²) in [6, 6.07) is 13.8. The molecule has 0 spiro atoms. The largest absolute Gasteiger partial charge is 0.321 e. The number of H-pyrrole nitrogens is 1. The first-order chi connectivity index (χ1) is 9.13. The minimum atomic E-state index is -0.340. The fraction of sp³-hybridized carbons (Fsp3) is 0.0625. The van der Waals surface area contributed by atoms with Gasteiger partial charge in [-0.05, 0) is 42.1 Å². The maximum Gasteiger partial charge on any atom is 0.256 e. The molecule has 0 saturated heterocycles. The number of hydrogen-bond donors (Lipinski definition) is 1. The lowest BCUT2D eigenvalue weighted by Crippen LogP contribution is -2.07. The summed E-state index contributed by atoms with van der Waals surface area (Å²) in [5.41, 5.74) is 2.56. The second-order valence-electron chi connectivity index (χ2n) is 4.61. The quantitative estimate of drug-likeness (QED) is 0.705. The van der Waals surface area contributed by atoms with E-state index in [9.17, 15) is 9.18 Å². The zero-order valence-electron chi connectivity index (χ0n) is 10.4. The molecule has 0 unspecified atom stereocenters. The van der Waals surface area contributed by atoms with E-state index in [0.717, 1.165) is 11.1 Å². The molecule has 2 nitrogen and oxygen atoms in total. The SMILES string of the molecule is Cc1ccc(-c2cc3cc(F)ccc3c(=O)[nH]2)cc1. The number of nitrogens with one attached hydrogen (secondary N) is 1. The van der Waals surface area contributed by atoms with Gasteiger partial charge in [-0.15, -0.1) is 0 Å². The number of aromatic nitrogens is 1. The van der Waals surface area contributed by atoms with E-state index >= 15 is 0 Å².